The monoisotopic (exact) mass is 268 g/mol. The Morgan fingerprint density at radius 1 is 1.39 bits per heavy atom. The highest BCUT2D eigenvalue weighted by Crippen LogP contribution is 2.24. The number of hydrogen-bond acceptors (Lipinski definition) is 3. The first-order chi connectivity index (χ1) is 8.37. The number of aromatic hydroxyl groups is 1. The summed E-state index contributed by atoms with van der Waals surface area (Å²) in [7, 11) is -1.23. The van der Waals surface area contributed by atoms with Crippen LogP contribution in [0.15, 0.2) is 24.4 Å². The van der Waals surface area contributed by atoms with Gasteiger partial charge in [0.05, 0.1) is 6.26 Å². The van der Waals surface area contributed by atoms with Gasteiger partial charge in [-0.3, -0.25) is 0 Å². The molecule has 2 rings (SSSR count). The molecule has 0 spiro atoms. The lowest BCUT2D eigenvalue weighted by Gasteiger charge is -2.01. The lowest BCUT2D eigenvalue weighted by molar-refractivity contribution is 0.476. The summed E-state index contributed by atoms with van der Waals surface area (Å²) in [5, 5.41) is 10.4. The van der Waals surface area contributed by atoms with Gasteiger partial charge in [0.25, 0.3) is 0 Å². The molecule has 18 heavy (non-hydrogen) atoms. The van der Waals surface area contributed by atoms with E-state index in [9.17, 15) is 13.5 Å². The summed E-state index contributed by atoms with van der Waals surface area (Å²) < 4.78 is 26.4. The van der Waals surface area contributed by atoms with Crippen molar-refractivity contribution in [3.63, 3.8) is 0 Å². The van der Waals surface area contributed by atoms with Gasteiger partial charge < -0.3 is 9.67 Å². The van der Waals surface area contributed by atoms with Gasteiger partial charge in [-0.1, -0.05) is 0 Å². The summed E-state index contributed by atoms with van der Waals surface area (Å²) in [6.45, 7) is 0.355. The number of sulfonamides is 1. The molecule has 98 valence electrons. The van der Waals surface area contributed by atoms with Crippen molar-refractivity contribution >= 4 is 20.9 Å². The van der Waals surface area contributed by atoms with Crippen LogP contribution in [0.4, 0.5) is 0 Å². The maximum Gasteiger partial charge on any atom is 0.208 e. The third-order valence-corrected chi connectivity index (χ3v) is 3.54. The Kier molecular flexibility index (Phi) is 3.32. The zero-order chi connectivity index (χ0) is 13.3. The van der Waals surface area contributed by atoms with Gasteiger partial charge in [-0.2, -0.15) is 0 Å². The third-order valence-electron chi connectivity index (χ3n) is 2.81. The standard InChI is InChI=1S/C12H16N2O3S/c1-14-8-9(5-6-13-18(2,16)17)11-7-10(15)3-4-12(11)14/h3-4,7-8,13,15H,5-6H2,1-2H3. The molecule has 0 aliphatic rings. The summed E-state index contributed by atoms with van der Waals surface area (Å²) in [6.07, 6.45) is 3.68. The molecule has 0 saturated carbocycles. The molecule has 6 heteroatoms. The number of aryl methyl sites for hydroxylation is 1. The average molecular weight is 268 g/mol. The predicted molar refractivity (Wildman–Crippen MR) is 71.1 cm³/mol. The molecular weight excluding hydrogens is 252 g/mol. The van der Waals surface area contributed by atoms with E-state index in [2.05, 4.69) is 4.72 Å². The molecule has 0 saturated heterocycles. The van der Waals surface area contributed by atoms with Crippen LogP contribution in [0.25, 0.3) is 10.9 Å². The van der Waals surface area contributed by atoms with E-state index >= 15 is 0 Å². The van der Waals surface area contributed by atoms with E-state index in [1.54, 1.807) is 12.1 Å². The number of phenols is 1. The molecule has 0 aliphatic carbocycles. The zero-order valence-electron chi connectivity index (χ0n) is 10.3. The van der Waals surface area contributed by atoms with E-state index in [0.29, 0.717) is 13.0 Å². The van der Waals surface area contributed by atoms with Crippen molar-refractivity contribution in [1.82, 2.24) is 9.29 Å². The van der Waals surface area contributed by atoms with Gasteiger partial charge in [0.2, 0.25) is 10.0 Å². The van der Waals surface area contributed by atoms with Gasteiger partial charge in [-0.05, 0) is 30.2 Å². The molecule has 5 nitrogen and oxygen atoms in total. The highest BCUT2D eigenvalue weighted by molar-refractivity contribution is 7.88. The molecule has 0 fully saturated rings. The van der Waals surface area contributed by atoms with Crippen LogP contribution in [0.2, 0.25) is 0 Å². The Morgan fingerprint density at radius 2 is 2.11 bits per heavy atom. The SMILES string of the molecule is Cn1cc(CCNS(C)(=O)=O)c2cc(O)ccc21. The Bertz CT molecular complexity index is 674. The number of nitrogens with zero attached hydrogens (tertiary/aromatic N) is 1. The van der Waals surface area contributed by atoms with Crippen molar-refractivity contribution in [3.8, 4) is 5.75 Å². The molecule has 0 amide bonds. The van der Waals surface area contributed by atoms with E-state index in [0.717, 1.165) is 22.7 Å². The molecule has 0 unspecified atom stereocenters. The lowest BCUT2D eigenvalue weighted by atomic mass is 10.1. The maximum atomic E-state index is 11.0. The quantitative estimate of drug-likeness (QED) is 0.868. The maximum absolute atomic E-state index is 11.0. The molecule has 1 aromatic carbocycles. The molecule has 1 heterocycles. The fourth-order valence-electron chi connectivity index (χ4n) is 2.03. The smallest absolute Gasteiger partial charge is 0.208 e. The molecule has 0 aliphatic heterocycles. The van der Waals surface area contributed by atoms with Crippen LogP contribution in [-0.2, 0) is 23.5 Å². The molecule has 0 bridgehead atoms. The summed E-state index contributed by atoms with van der Waals surface area (Å²) >= 11 is 0. The van der Waals surface area contributed by atoms with Gasteiger partial charge in [0.1, 0.15) is 5.75 Å². The number of phenolic OH excluding ortho intramolecular Hbond substituents is 1. The minimum absolute atomic E-state index is 0.214. The largest absolute Gasteiger partial charge is 0.508 e. The van der Waals surface area contributed by atoms with E-state index in [1.807, 2.05) is 23.9 Å². The Labute approximate surface area is 106 Å². The third kappa shape index (κ3) is 2.83. The van der Waals surface area contributed by atoms with E-state index in [1.165, 1.54) is 0 Å². The van der Waals surface area contributed by atoms with Crippen molar-refractivity contribution in [2.24, 2.45) is 7.05 Å². The fraction of sp³-hybridized carbons (Fsp3) is 0.333. The second-order valence-corrected chi connectivity index (χ2v) is 6.22. The molecule has 2 aromatic rings. The normalized spacial score (nSPS) is 12.1. The number of aromatic nitrogens is 1. The van der Waals surface area contributed by atoms with Crippen LogP contribution in [0.3, 0.4) is 0 Å². The predicted octanol–water partition coefficient (Wildman–Crippen LogP) is 0.976. The highest BCUT2D eigenvalue weighted by atomic mass is 32.2. The number of nitrogens with one attached hydrogen (secondary N) is 1. The number of hydrogen-bond donors (Lipinski definition) is 2. The van der Waals surface area contributed by atoms with Crippen molar-refractivity contribution < 1.29 is 13.5 Å². The van der Waals surface area contributed by atoms with Crippen LogP contribution in [0, 0.1) is 0 Å². The Morgan fingerprint density at radius 3 is 2.78 bits per heavy atom. The minimum atomic E-state index is -3.16. The van der Waals surface area contributed by atoms with Gasteiger partial charge in [-0.15, -0.1) is 0 Å². The van der Waals surface area contributed by atoms with Crippen LogP contribution in [0.5, 0.6) is 5.75 Å². The van der Waals surface area contributed by atoms with Crippen LogP contribution < -0.4 is 4.72 Å². The summed E-state index contributed by atoms with van der Waals surface area (Å²) in [6, 6.07) is 5.18. The summed E-state index contributed by atoms with van der Waals surface area (Å²) in [5.41, 5.74) is 2.03. The van der Waals surface area contributed by atoms with Gasteiger partial charge in [-0.25, -0.2) is 13.1 Å². The van der Waals surface area contributed by atoms with Crippen LogP contribution in [0.1, 0.15) is 5.56 Å². The molecule has 0 atom stereocenters. The fourth-order valence-corrected chi connectivity index (χ4v) is 2.50. The van der Waals surface area contributed by atoms with E-state index < -0.39 is 10.0 Å². The van der Waals surface area contributed by atoms with Crippen molar-refractivity contribution in [2.75, 3.05) is 12.8 Å². The van der Waals surface area contributed by atoms with Crippen molar-refractivity contribution in [2.45, 2.75) is 6.42 Å². The van der Waals surface area contributed by atoms with Crippen molar-refractivity contribution in [1.29, 1.82) is 0 Å². The number of benzene rings is 1. The summed E-state index contributed by atoms with van der Waals surface area (Å²) in [5.74, 6) is 0.214. The Balaban J connectivity index is 2.25. The first-order valence-electron chi connectivity index (χ1n) is 5.58. The molecule has 1 aromatic heterocycles. The second-order valence-electron chi connectivity index (χ2n) is 4.38. The lowest BCUT2D eigenvalue weighted by Crippen LogP contribution is -2.24. The molecule has 2 N–H and O–H groups in total. The molecular formula is C12H16N2O3S. The van der Waals surface area contributed by atoms with Crippen LogP contribution in [-0.4, -0.2) is 30.9 Å². The van der Waals surface area contributed by atoms with Gasteiger partial charge >= 0.3 is 0 Å². The minimum Gasteiger partial charge on any atom is -0.508 e. The summed E-state index contributed by atoms with van der Waals surface area (Å²) in [4.78, 5) is 0. The topological polar surface area (TPSA) is 71.3 Å². The van der Waals surface area contributed by atoms with E-state index in [4.69, 9.17) is 0 Å². The highest BCUT2D eigenvalue weighted by Gasteiger charge is 2.08. The number of rotatable bonds is 4. The molecule has 0 radical (unpaired) electrons. The average Bonchev–Trinajstić information content (AvgIpc) is 2.54. The van der Waals surface area contributed by atoms with Gasteiger partial charge in [0.15, 0.2) is 0 Å². The zero-order valence-corrected chi connectivity index (χ0v) is 11.2. The van der Waals surface area contributed by atoms with Crippen LogP contribution >= 0.6 is 0 Å². The first kappa shape index (κ1) is 12.9. The van der Waals surface area contributed by atoms with Crippen molar-refractivity contribution in [3.05, 3.63) is 30.0 Å². The second kappa shape index (κ2) is 4.62. The van der Waals surface area contributed by atoms with Gasteiger partial charge in [0, 0.05) is 30.7 Å². The first-order valence-corrected chi connectivity index (χ1v) is 7.47. The number of fused-ring (bicyclic) bond motifs is 1. The van der Waals surface area contributed by atoms with E-state index in [-0.39, 0.29) is 5.75 Å². The Hall–Kier alpha value is -1.53.